The van der Waals surface area contributed by atoms with Gasteiger partial charge in [-0.1, -0.05) is 6.55 Å². The standard InChI is InChI=1S/C10H25ClO3S3Si/c1-15(2,12)8-18(7,9-16(3,4)13)10-17(5,6,11)14/h8-9H,10H2,1-7H3. The van der Waals surface area contributed by atoms with Crippen LogP contribution in [0.3, 0.4) is 0 Å². The topological polar surface area (TPSA) is 51.2 Å². The molecular weight excluding hydrogens is 328 g/mol. The van der Waals surface area contributed by atoms with Gasteiger partial charge in [0.25, 0.3) is 0 Å². The molecule has 8 heteroatoms. The van der Waals surface area contributed by atoms with Crippen LogP contribution in [0.15, 0.2) is 0 Å². The molecule has 0 aromatic rings. The lowest BCUT2D eigenvalue weighted by atomic mass is 11.7. The first kappa shape index (κ1) is 18.7. The van der Waals surface area contributed by atoms with Crippen molar-refractivity contribution in [3.8, 4) is 0 Å². The fraction of sp³-hybridized carbons (Fsp3) is 0.800. The van der Waals surface area contributed by atoms with Gasteiger partial charge in [-0.2, -0.15) is 0 Å². The van der Waals surface area contributed by atoms with Gasteiger partial charge >= 0.3 is 0 Å². The molecule has 0 aliphatic rings. The molecule has 0 spiro atoms. The zero-order chi connectivity index (χ0) is 15.1. The predicted octanol–water partition coefficient (Wildman–Crippen LogP) is 0.609. The van der Waals surface area contributed by atoms with Crippen LogP contribution in [0.5, 0.6) is 0 Å². The maximum atomic E-state index is 12.4. The van der Waals surface area contributed by atoms with Crippen LogP contribution in [-0.4, -0.2) is 73.6 Å². The third-order valence-corrected chi connectivity index (χ3v) is 17.4. The summed E-state index contributed by atoms with van der Waals surface area (Å²) in [5.41, 5.74) is 0. The maximum Gasteiger partial charge on any atom is 0.128 e. The molecule has 0 amide bonds. The van der Waals surface area contributed by atoms with E-state index in [0.717, 1.165) is 0 Å². The summed E-state index contributed by atoms with van der Waals surface area (Å²) in [6.07, 6.45) is 9.58. The largest absolute Gasteiger partial charge is 0.269 e. The van der Waals surface area contributed by atoms with E-state index in [1.165, 1.54) is 12.5 Å². The molecule has 0 radical (unpaired) electrons. The Kier molecular flexibility index (Phi) is 5.10. The van der Waals surface area contributed by atoms with E-state index in [0.29, 0.717) is 0 Å². The van der Waals surface area contributed by atoms with E-state index in [4.69, 9.17) is 10.7 Å². The van der Waals surface area contributed by atoms with Crippen molar-refractivity contribution in [3.63, 3.8) is 0 Å². The van der Waals surface area contributed by atoms with Crippen LogP contribution in [0.25, 0.3) is 0 Å². The quantitative estimate of drug-likeness (QED) is 0.423. The molecule has 3 nitrogen and oxygen atoms in total. The highest BCUT2D eigenvalue weighted by molar-refractivity contribution is 8.38. The number of halogens is 1. The Labute approximate surface area is 118 Å². The molecule has 0 aromatic carbocycles. The molecule has 0 aromatic heterocycles. The lowest BCUT2D eigenvalue weighted by Gasteiger charge is -2.33. The summed E-state index contributed by atoms with van der Waals surface area (Å²) in [6.45, 7) is 1.91. The van der Waals surface area contributed by atoms with Gasteiger partial charge < -0.3 is 0 Å². The summed E-state index contributed by atoms with van der Waals surface area (Å²) in [5, 5.41) is 0.267. The van der Waals surface area contributed by atoms with Crippen molar-refractivity contribution in [1.29, 1.82) is 0 Å². The summed E-state index contributed by atoms with van der Waals surface area (Å²) in [4.78, 5) is 3.52. The molecule has 0 saturated carbocycles. The minimum absolute atomic E-state index is 0.267. The average molecular weight is 353 g/mol. The van der Waals surface area contributed by atoms with E-state index < -0.39 is 35.4 Å². The van der Waals surface area contributed by atoms with Gasteiger partial charge in [-0.05, 0) is 48.0 Å². The maximum absolute atomic E-state index is 12.4. The molecule has 112 valence electrons. The fourth-order valence-electron chi connectivity index (χ4n) is 2.26. The third kappa shape index (κ3) is 10.6. The van der Waals surface area contributed by atoms with Crippen LogP contribution >= 0.6 is 10.7 Å². The lowest BCUT2D eigenvalue weighted by molar-refractivity contribution is 0.678. The third-order valence-electron chi connectivity index (χ3n) is 1.82. The summed E-state index contributed by atoms with van der Waals surface area (Å²) >= 11 is 0. The molecule has 0 fully saturated rings. The summed E-state index contributed by atoms with van der Waals surface area (Å²) < 4.78 is 36.4. The molecule has 0 aliphatic carbocycles. The molecule has 0 bridgehead atoms. The first-order chi connectivity index (χ1) is 7.37. The van der Waals surface area contributed by atoms with Crippen molar-refractivity contribution in [2.24, 2.45) is 0 Å². The Hall–Kier alpha value is 0.697. The van der Waals surface area contributed by atoms with Gasteiger partial charge in [-0.3, -0.25) is 12.6 Å². The average Bonchev–Trinajstić information content (AvgIpc) is 1.62. The van der Waals surface area contributed by atoms with Gasteiger partial charge in [0, 0.05) is 42.9 Å². The molecule has 18 heavy (non-hydrogen) atoms. The van der Waals surface area contributed by atoms with E-state index in [1.54, 1.807) is 35.0 Å². The van der Waals surface area contributed by atoms with E-state index in [9.17, 15) is 12.6 Å². The molecule has 0 heterocycles. The van der Waals surface area contributed by atoms with Crippen LogP contribution < -0.4 is 0 Å². The predicted molar refractivity (Wildman–Crippen MR) is 94.4 cm³/mol. The Morgan fingerprint density at radius 1 is 1.06 bits per heavy atom. The van der Waals surface area contributed by atoms with Crippen LogP contribution in [-0.2, 0) is 27.3 Å². The number of hydrogen-bond donors (Lipinski definition) is 0. The molecule has 0 N–H and O–H groups in total. The van der Waals surface area contributed by atoms with Crippen molar-refractivity contribution in [2.75, 3.05) is 42.9 Å². The Morgan fingerprint density at radius 2 is 1.33 bits per heavy atom. The highest BCUT2D eigenvalue weighted by atomic mass is 35.7. The van der Waals surface area contributed by atoms with Crippen LogP contribution in [0.2, 0.25) is 6.55 Å². The van der Waals surface area contributed by atoms with Gasteiger partial charge in [0.15, 0.2) is 0 Å². The summed E-state index contributed by atoms with van der Waals surface area (Å²) in [7, 11) is -3.78. The fourth-order valence-corrected chi connectivity index (χ4v) is 24.2. The van der Waals surface area contributed by atoms with Crippen molar-refractivity contribution < 1.29 is 12.6 Å². The van der Waals surface area contributed by atoms with Crippen molar-refractivity contribution in [2.45, 2.75) is 6.55 Å². The highest BCUT2D eigenvalue weighted by Gasteiger charge is 2.35. The first-order valence-electron chi connectivity index (χ1n) is 5.29. The first-order valence-corrected chi connectivity index (χ1v) is 16.8. The van der Waals surface area contributed by atoms with E-state index in [2.05, 4.69) is 0 Å². The van der Waals surface area contributed by atoms with Crippen molar-refractivity contribution in [3.05, 3.63) is 0 Å². The van der Waals surface area contributed by atoms with Gasteiger partial charge in [-0.25, -0.2) is 0 Å². The van der Waals surface area contributed by atoms with Crippen LogP contribution in [0.1, 0.15) is 0 Å². The second kappa shape index (κ2) is 4.91. The Morgan fingerprint density at radius 3 is 1.50 bits per heavy atom. The number of hydrogen-bond acceptors (Lipinski definition) is 3. The smallest absolute Gasteiger partial charge is 0.128 e. The van der Waals surface area contributed by atoms with Crippen molar-refractivity contribution in [1.82, 2.24) is 0 Å². The molecule has 0 saturated heterocycles. The van der Waals surface area contributed by atoms with Crippen LogP contribution in [0, 0.1) is 0 Å². The second-order valence-corrected chi connectivity index (χ2v) is 24.4. The molecule has 0 unspecified atom stereocenters. The van der Waals surface area contributed by atoms with Gasteiger partial charge in [0.1, 0.15) is 8.07 Å². The van der Waals surface area contributed by atoms with E-state index in [-0.39, 0.29) is 5.38 Å². The van der Waals surface area contributed by atoms with Crippen LogP contribution in [0.4, 0.5) is 0 Å². The summed E-state index contributed by atoms with van der Waals surface area (Å²) in [5.74, 6) is 0. The molecule has 0 atom stereocenters. The normalized spacial score (nSPS) is 16.8. The Balaban J connectivity index is 6.03. The molecular formula is C10H25ClO3S3Si. The minimum Gasteiger partial charge on any atom is -0.269 e. The zero-order valence-corrected chi connectivity index (χ0v) is 16.4. The Bertz CT molecular complexity index is 566. The van der Waals surface area contributed by atoms with E-state index in [1.807, 2.05) is 6.55 Å². The van der Waals surface area contributed by atoms with Gasteiger partial charge in [0.2, 0.25) is 0 Å². The van der Waals surface area contributed by atoms with E-state index >= 15 is 0 Å². The molecule has 0 rings (SSSR count). The van der Waals surface area contributed by atoms with Gasteiger partial charge in [0.05, 0.1) is 0 Å². The highest BCUT2D eigenvalue weighted by Crippen LogP contribution is 2.26. The lowest BCUT2D eigenvalue weighted by Crippen LogP contribution is -2.51. The minimum atomic E-state index is -3.24. The second-order valence-electron chi connectivity index (χ2n) is 6.42. The number of rotatable bonds is 4. The van der Waals surface area contributed by atoms with Gasteiger partial charge in [-0.15, -0.1) is 0 Å². The SMILES string of the molecule is C[Si](C=S(C)(C)=O)(C=S(C)(C)=O)CS(C)(C)(=O)Cl. The zero-order valence-electron chi connectivity index (χ0n) is 12.2. The summed E-state index contributed by atoms with van der Waals surface area (Å²) in [6, 6.07) is 0. The van der Waals surface area contributed by atoms with Crippen molar-refractivity contribution >= 4 is 56.1 Å². The monoisotopic (exact) mass is 352 g/mol. The molecule has 0 aliphatic heterocycles.